The van der Waals surface area contributed by atoms with Gasteiger partial charge in [-0.2, -0.15) is 0 Å². The van der Waals surface area contributed by atoms with E-state index in [-0.39, 0.29) is 24.2 Å². The number of β-lactam (4-membered cyclic amide) rings is 1. The monoisotopic (exact) mass is 295 g/mol. The predicted octanol–water partition coefficient (Wildman–Crippen LogP) is 3.65. The first-order valence-corrected chi connectivity index (χ1v) is 8.91. The molecule has 2 heterocycles. The van der Waals surface area contributed by atoms with Crippen molar-refractivity contribution >= 4 is 5.91 Å². The second kappa shape index (κ2) is 7.10. The molecule has 1 aliphatic carbocycles. The molecule has 3 unspecified atom stereocenters. The van der Waals surface area contributed by atoms with E-state index in [4.69, 9.17) is 9.57 Å². The number of rotatable bonds is 5. The quantitative estimate of drug-likeness (QED) is 0.727. The Labute approximate surface area is 128 Å². The third-order valence-electron chi connectivity index (χ3n) is 5.40. The van der Waals surface area contributed by atoms with Gasteiger partial charge in [0.15, 0.2) is 6.29 Å². The molecule has 0 spiro atoms. The fourth-order valence-electron chi connectivity index (χ4n) is 4.11. The van der Waals surface area contributed by atoms with Gasteiger partial charge in [-0.25, -0.2) is 9.90 Å². The number of hydrogen-bond donors (Lipinski definition) is 0. The highest BCUT2D eigenvalue weighted by Gasteiger charge is 2.49. The molecule has 3 rings (SSSR count). The van der Waals surface area contributed by atoms with Crippen molar-refractivity contribution in [3.63, 3.8) is 0 Å². The Kier molecular flexibility index (Phi) is 5.17. The molecule has 120 valence electrons. The summed E-state index contributed by atoms with van der Waals surface area (Å²) in [7, 11) is 0. The second-order valence-corrected chi connectivity index (χ2v) is 6.89. The molecule has 0 bridgehead atoms. The fourth-order valence-corrected chi connectivity index (χ4v) is 4.11. The zero-order valence-electron chi connectivity index (χ0n) is 13.3. The number of carbonyl (C=O) groups is 1. The van der Waals surface area contributed by atoms with Crippen LogP contribution in [-0.2, 0) is 14.4 Å². The van der Waals surface area contributed by atoms with Crippen LogP contribution in [0.25, 0.3) is 0 Å². The lowest BCUT2D eigenvalue weighted by atomic mass is 9.76. The van der Waals surface area contributed by atoms with Crippen molar-refractivity contribution in [1.82, 2.24) is 5.06 Å². The standard InChI is InChI=1S/C17H29NO3/c1-2-15-14(12-13-8-4-3-5-9-13)17(19)18(15)21-16-10-6-7-11-20-16/h13-16H,2-12H2,1H3. The highest BCUT2D eigenvalue weighted by Crippen LogP contribution is 2.39. The molecule has 3 aliphatic rings. The van der Waals surface area contributed by atoms with Gasteiger partial charge in [0.1, 0.15) is 0 Å². The van der Waals surface area contributed by atoms with Crippen molar-refractivity contribution in [3.8, 4) is 0 Å². The topological polar surface area (TPSA) is 38.8 Å². The first kappa shape index (κ1) is 15.3. The number of hydrogen-bond acceptors (Lipinski definition) is 3. The van der Waals surface area contributed by atoms with Crippen LogP contribution in [0.5, 0.6) is 0 Å². The molecule has 4 nitrogen and oxygen atoms in total. The van der Waals surface area contributed by atoms with Gasteiger partial charge >= 0.3 is 0 Å². The lowest BCUT2D eigenvalue weighted by Crippen LogP contribution is -2.61. The van der Waals surface area contributed by atoms with Gasteiger partial charge in [0.05, 0.1) is 12.0 Å². The van der Waals surface area contributed by atoms with E-state index < -0.39 is 0 Å². The van der Waals surface area contributed by atoms with Gasteiger partial charge in [-0.15, -0.1) is 0 Å². The first-order chi connectivity index (χ1) is 10.3. The van der Waals surface area contributed by atoms with E-state index in [0.717, 1.165) is 44.6 Å². The van der Waals surface area contributed by atoms with Crippen LogP contribution in [-0.4, -0.2) is 29.9 Å². The summed E-state index contributed by atoms with van der Waals surface area (Å²) in [6.07, 6.45) is 11.7. The van der Waals surface area contributed by atoms with Crippen LogP contribution in [0.2, 0.25) is 0 Å². The average molecular weight is 295 g/mol. The van der Waals surface area contributed by atoms with Gasteiger partial charge < -0.3 is 4.74 Å². The number of amides is 1. The molecule has 0 radical (unpaired) electrons. The maximum Gasteiger partial charge on any atom is 0.251 e. The van der Waals surface area contributed by atoms with Gasteiger partial charge in [-0.3, -0.25) is 4.79 Å². The summed E-state index contributed by atoms with van der Waals surface area (Å²) in [5.41, 5.74) is 0. The summed E-state index contributed by atoms with van der Waals surface area (Å²) >= 11 is 0. The van der Waals surface area contributed by atoms with Gasteiger partial charge in [0.2, 0.25) is 0 Å². The lowest BCUT2D eigenvalue weighted by Gasteiger charge is -2.48. The summed E-state index contributed by atoms with van der Waals surface area (Å²) in [4.78, 5) is 18.2. The van der Waals surface area contributed by atoms with Crippen LogP contribution in [0.4, 0.5) is 0 Å². The Morgan fingerprint density at radius 2 is 1.90 bits per heavy atom. The summed E-state index contributed by atoms with van der Waals surface area (Å²) in [5.74, 6) is 1.15. The molecule has 21 heavy (non-hydrogen) atoms. The number of hydroxylamine groups is 2. The largest absolute Gasteiger partial charge is 0.350 e. The van der Waals surface area contributed by atoms with Gasteiger partial charge in [-0.1, -0.05) is 39.0 Å². The van der Waals surface area contributed by atoms with Crippen molar-refractivity contribution in [3.05, 3.63) is 0 Å². The Balaban J connectivity index is 1.51. The number of carbonyl (C=O) groups excluding carboxylic acids is 1. The lowest BCUT2D eigenvalue weighted by molar-refractivity contribution is -0.319. The smallest absolute Gasteiger partial charge is 0.251 e. The minimum absolute atomic E-state index is 0.196. The molecule has 1 amide bonds. The summed E-state index contributed by atoms with van der Waals surface area (Å²) in [5, 5.41) is 1.63. The molecule has 0 aromatic heterocycles. The molecule has 0 N–H and O–H groups in total. The Morgan fingerprint density at radius 1 is 1.14 bits per heavy atom. The third kappa shape index (κ3) is 3.42. The van der Waals surface area contributed by atoms with E-state index in [1.165, 1.54) is 32.1 Å². The van der Waals surface area contributed by atoms with Crippen molar-refractivity contribution in [2.45, 2.75) is 83.5 Å². The Bertz CT molecular complexity index is 318. The molecular weight excluding hydrogens is 266 g/mol. The van der Waals surface area contributed by atoms with E-state index >= 15 is 0 Å². The van der Waals surface area contributed by atoms with Crippen LogP contribution in [0, 0.1) is 11.8 Å². The van der Waals surface area contributed by atoms with Crippen LogP contribution in [0.1, 0.15) is 71.1 Å². The second-order valence-electron chi connectivity index (χ2n) is 6.89. The SMILES string of the molecule is CCC1C(CC2CCCCC2)C(=O)N1OC1CCCCO1. The average Bonchev–Trinajstić information content (AvgIpc) is 2.55. The molecule has 3 atom stereocenters. The van der Waals surface area contributed by atoms with Gasteiger partial charge in [-0.05, 0) is 31.6 Å². The minimum atomic E-state index is -0.201. The normalized spacial score (nSPS) is 34.8. The Morgan fingerprint density at radius 3 is 2.57 bits per heavy atom. The van der Waals surface area contributed by atoms with Crippen molar-refractivity contribution in [1.29, 1.82) is 0 Å². The van der Waals surface area contributed by atoms with E-state index in [1.54, 1.807) is 5.06 Å². The fraction of sp³-hybridized carbons (Fsp3) is 0.941. The summed E-state index contributed by atoms with van der Waals surface area (Å²) in [6.45, 7) is 2.91. The highest BCUT2D eigenvalue weighted by molar-refractivity contribution is 5.84. The van der Waals surface area contributed by atoms with Gasteiger partial charge in [0.25, 0.3) is 5.91 Å². The van der Waals surface area contributed by atoms with Crippen molar-refractivity contribution < 1.29 is 14.4 Å². The number of ether oxygens (including phenoxy) is 1. The molecule has 4 heteroatoms. The van der Waals surface area contributed by atoms with Gasteiger partial charge in [0, 0.05) is 13.0 Å². The summed E-state index contributed by atoms with van der Waals surface area (Å²) in [6, 6.07) is 0.268. The minimum Gasteiger partial charge on any atom is -0.350 e. The van der Waals surface area contributed by atoms with E-state index in [0.29, 0.717) is 0 Å². The molecule has 0 aromatic carbocycles. The Hall–Kier alpha value is -0.610. The maximum absolute atomic E-state index is 12.4. The van der Waals surface area contributed by atoms with Crippen LogP contribution >= 0.6 is 0 Å². The van der Waals surface area contributed by atoms with E-state index in [1.807, 2.05) is 0 Å². The van der Waals surface area contributed by atoms with Crippen molar-refractivity contribution in [2.75, 3.05) is 6.61 Å². The zero-order chi connectivity index (χ0) is 14.7. The first-order valence-electron chi connectivity index (χ1n) is 8.91. The molecule has 2 saturated heterocycles. The van der Waals surface area contributed by atoms with Crippen molar-refractivity contribution in [2.24, 2.45) is 11.8 Å². The predicted molar refractivity (Wildman–Crippen MR) is 80.3 cm³/mol. The van der Waals surface area contributed by atoms with Crippen LogP contribution in [0.15, 0.2) is 0 Å². The third-order valence-corrected chi connectivity index (χ3v) is 5.40. The number of nitrogens with zero attached hydrogens (tertiary/aromatic N) is 1. The van der Waals surface area contributed by atoms with E-state index in [9.17, 15) is 4.79 Å². The molecule has 2 aliphatic heterocycles. The van der Waals surface area contributed by atoms with Crippen LogP contribution < -0.4 is 0 Å². The molecule has 0 aromatic rings. The zero-order valence-corrected chi connectivity index (χ0v) is 13.3. The highest BCUT2D eigenvalue weighted by atomic mass is 16.8. The van der Waals surface area contributed by atoms with E-state index in [2.05, 4.69) is 6.92 Å². The molecular formula is C17H29NO3. The maximum atomic E-state index is 12.4. The summed E-state index contributed by atoms with van der Waals surface area (Å²) < 4.78 is 5.59. The molecule has 3 fully saturated rings. The van der Waals surface area contributed by atoms with Crippen LogP contribution in [0.3, 0.4) is 0 Å². The molecule has 1 saturated carbocycles.